The van der Waals surface area contributed by atoms with Crippen molar-refractivity contribution in [2.75, 3.05) is 32.2 Å². The molecular formula is C20H24N2O5S. The summed E-state index contributed by atoms with van der Waals surface area (Å²) in [6.45, 7) is 2.02. The van der Waals surface area contributed by atoms with E-state index in [4.69, 9.17) is 14.2 Å². The third-order valence-corrected chi connectivity index (χ3v) is 6.57. The zero-order chi connectivity index (χ0) is 20.5. The van der Waals surface area contributed by atoms with Crippen LogP contribution in [0.3, 0.4) is 0 Å². The standard InChI is InChI=1S/C20H24N2O5S/c1-6-22(15-12-18(25-3)20(27-5)19(13-15)26-4)28(23,24)16-7-8-17-14(11-16)9-10-21(17)2/h7-13H,6H2,1-5H3. The largest absolute Gasteiger partial charge is 0.493 e. The molecule has 0 bridgehead atoms. The summed E-state index contributed by atoms with van der Waals surface area (Å²) in [4.78, 5) is 0.224. The number of hydrogen-bond donors (Lipinski definition) is 0. The van der Waals surface area contributed by atoms with E-state index in [0.717, 1.165) is 10.9 Å². The number of fused-ring (bicyclic) bond motifs is 1. The average molecular weight is 404 g/mol. The number of hydrogen-bond acceptors (Lipinski definition) is 5. The molecule has 0 radical (unpaired) electrons. The molecule has 0 spiro atoms. The minimum atomic E-state index is -3.78. The van der Waals surface area contributed by atoms with Crippen LogP contribution in [0.4, 0.5) is 5.69 Å². The van der Waals surface area contributed by atoms with Gasteiger partial charge in [0.15, 0.2) is 11.5 Å². The molecule has 0 saturated carbocycles. The lowest BCUT2D eigenvalue weighted by Crippen LogP contribution is -2.30. The number of methoxy groups -OCH3 is 3. The van der Waals surface area contributed by atoms with Crippen molar-refractivity contribution in [3.05, 3.63) is 42.6 Å². The summed E-state index contributed by atoms with van der Waals surface area (Å²) in [5.41, 5.74) is 1.40. The first-order valence-electron chi connectivity index (χ1n) is 8.75. The van der Waals surface area contributed by atoms with Crippen molar-refractivity contribution in [1.29, 1.82) is 0 Å². The molecule has 3 aromatic rings. The molecule has 8 heteroatoms. The van der Waals surface area contributed by atoms with Crippen LogP contribution >= 0.6 is 0 Å². The maximum absolute atomic E-state index is 13.4. The van der Waals surface area contributed by atoms with Gasteiger partial charge in [-0.1, -0.05) is 0 Å². The van der Waals surface area contributed by atoms with E-state index in [1.165, 1.54) is 25.6 Å². The number of benzene rings is 2. The molecule has 0 aliphatic rings. The van der Waals surface area contributed by atoms with Crippen molar-refractivity contribution >= 4 is 26.6 Å². The fourth-order valence-corrected chi connectivity index (χ4v) is 4.74. The maximum atomic E-state index is 13.4. The maximum Gasteiger partial charge on any atom is 0.264 e. The number of rotatable bonds is 7. The highest BCUT2D eigenvalue weighted by Crippen LogP contribution is 2.42. The van der Waals surface area contributed by atoms with Crippen LogP contribution in [-0.4, -0.2) is 40.9 Å². The third-order valence-electron chi connectivity index (χ3n) is 4.67. The van der Waals surface area contributed by atoms with Crippen LogP contribution in [0.15, 0.2) is 47.5 Å². The summed E-state index contributed by atoms with van der Waals surface area (Å²) in [6.07, 6.45) is 1.90. The summed E-state index contributed by atoms with van der Waals surface area (Å²) in [5, 5.41) is 0.865. The van der Waals surface area contributed by atoms with Crippen LogP contribution in [0.25, 0.3) is 10.9 Å². The molecule has 0 amide bonds. The Labute approximate surface area is 165 Å². The van der Waals surface area contributed by atoms with Crippen LogP contribution in [0.2, 0.25) is 0 Å². The van der Waals surface area contributed by atoms with Crippen LogP contribution in [0.5, 0.6) is 17.2 Å². The molecule has 0 atom stereocenters. The molecule has 0 saturated heterocycles. The third kappa shape index (κ3) is 3.24. The topological polar surface area (TPSA) is 70.0 Å². The second kappa shape index (κ2) is 7.63. The smallest absolute Gasteiger partial charge is 0.264 e. The van der Waals surface area contributed by atoms with Gasteiger partial charge in [-0.25, -0.2) is 8.42 Å². The molecular weight excluding hydrogens is 380 g/mol. The normalized spacial score (nSPS) is 11.5. The van der Waals surface area contributed by atoms with Crippen molar-refractivity contribution in [2.24, 2.45) is 7.05 Å². The van der Waals surface area contributed by atoms with Crippen molar-refractivity contribution in [3.63, 3.8) is 0 Å². The summed E-state index contributed by atoms with van der Waals surface area (Å²) in [6, 6.07) is 10.3. The Kier molecular flexibility index (Phi) is 5.42. The molecule has 0 aliphatic heterocycles. The van der Waals surface area contributed by atoms with Crippen molar-refractivity contribution in [1.82, 2.24) is 4.57 Å². The van der Waals surface area contributed by atoms with Crippen molar-refractivity contribution < 1.29 is 22.6 Å². The van der Waals surface area contributed by atoms with Gasteiger partial charge in [0.25, 0.3) is 10.0 Å². The van der Waals surface area contributed by atoms with Gasteiger partial charge in [0.2, 0.25) is 5.75 Å². The Morgan fingerprint density at radius 3 is 2.14 bits per heavy atom. The lowest BCUT2D eigenvalue weighted by molar-refractivity contribution is 0.324. The lowest BCUT2D eigenvalue weighted by Gasteiger charge is -2.25. The van der Waals surface area contributed by atoms with E-state index in [2.05, 4.69) is 0 Å². The van der Waals surface area contributed by atoms with Gasteiger partial charge in [-0.05, 0) is 31.2 Å². The van der Waals surface area contributed by atoms with Gasteiger partial charge in [-0.15, -0.1) is 0 Å². The van der Waals surface area contributed by atoms with E-state index in [9.17, 15) is 8.42 Å². The zero-order valence-electron chi connectivity index (χ0n) is 16.6. The fourth-order valence-electron chi connectivity index (χ4n) is 3.25. The molecule has 150 valence electrons. The predicted octanol–water partition coefficient (Wildman–Crippen LogP) is 3.42. The van der Waals surface area contributed by atoms with Gasteiger partial charge < -0.3 is 18.8 Å². The first-order valence-corrected chi connectivity index (χ1v) is 10.2. The minimum Gasteiger partial charge on any atom is -0.493 e. The average Bonchev–Trinajstić information content (AvgIpc) is 3.07. The number of nitrogens with zero attached hydrogens (tertiary/aromatic N) is 2. The fraction of sp³-hybridized carbons (Fsp3) is 0.300. The van der Waals surface area contributed by atoms with Gasteiger partial charge >= 0.3 is 0 Å². The number of anilines is 1. The highest BCUT2D eigenvalue weighted by molar-refractivity contribution is 7.92. The highest BCUT2D eigenvalue weighted by Gasteiger charge is 2.26. The highest BCUT2D eigenvalue weighted by atomic mass is 32.2. The van der Waals surface area contributed by atoms with Crippen molar-refractivity contribution in [2.45, 2.75) is 11.8 Å². The first-order chi connectivity index (χ1) is 13.4. The summed E-state index contributed by atoms with van der Waals surface area (Å²) in [5.74, 6) is 1.20. The number of ether oxygens (including phenoxy) is 3. The monoisotopic (exact) mass is 404 g/mol. The number of aryl methyl sites for hydroxylation is 1. The second-order valence-corrected chi connectivity index (χ2v) is 8.06. The van der Waals surface area contributed by atoms with Crippen LogP contribution in [-0.2, 0) is 17.1 Å². The number of sulfonamides is 1. The Morgan fingerprint density at radius 2 is 1.61 bits per heavy atom. The molecule has 0 unspecified atom stereocenters. The molecule has 3 rings (SSSR count). The van der Waals surface area contributed by atoms with Crippen LogP contribution < -0.4 is 18.5 Å². The van der Waals surface area contributed by atoms with E-state index in [1.807, 2.05) is 29.9 Å². The molecule has 0 aliphatic carbocycles. The molecule has 1 aromatic heterocycles. The summed E-state index contributed by atoms with van der Waals surface area (Å²) < 4.78 is 46.1. The molecule has 1 heterocycles. The van der Waals surface area contributed by atoms with Gasteiger partial charge in [-0.2, -0.15) is 0 Å². The van der Waals surface area contributed by atoms with Gasteiger partial charge in [-0.3, -0.25) is 4.31 Å². The van der Waals surface area contributed by atoms with E-state index < -0.39 is 10.0 Å². The Bertz CT molecular complexity index is 1080. The van der Waals surface area contributed by atoms with Gasteiger partial charge in [0, 0.05) is 42.8 Å². The Balaban J connectivity index is 2.13. The SMILES string of the molecule is CCN(c1cc(OC)c(OC)c(OC)c1)S(=O)(=O)c1ccc2c(ccn2C)c1. The van der Waals surface area contributed by atoms with Crippen LogP contribution in [0, 0.1) is 0 Å². The second-order valence-electron chi connectivity index (χ2n) is 6.20. The van der Waals surface area contributed by atoms with Crippen LogP contribution in [0.1, 0.15) is 6.92 Å². The van der Waals surface area contributed by atoms with E-state index >= 15 is 0 Å². The Morgan fingerprint density at radius 1 is 0.964 bits per heavy atom. The minimum absolute atomic E-state index is 0.224. The summed E-state index contributed by atoms with van der Waals surface area (Å²) in [7, 11) is 2.63. The molecule has 2 aromatic carbocycles. The zero-order valence-corrected chi connectivity index (χ0v) is 17.4. The first kappa shape index (κ1) is 19.9. The molecule has 28 heavy (non-hydrogen) atoms. The quantitative estimate of drug-likeness (QED) is 0.603. The number of aromatic nitrogens is 1. The predicted molar refractivity (Wildman–Crippen MR) is 109 cm³/mol. The van der Waals surface area contributed by atoms with Gasteiger partial charge in [0.05, 0.1) is 31.9 Å². The Hall–Kier alpha value is -2.87. The summed E-state index contributed by atoms with van der Waals surface area (Å²) >= 11 is 0. The molecule has 0 fully saturated rings. The van der Waals surface area contributed by atoms with E-state index in [-0.39, 0.29) is 11.4 Å². The van der Waals surface area contributed by atoms with Gasteiger partial charge in [0.1, 0.15) is 0 Å². The van der Waals surface area contributed by atoms with E-state index in [1.54, 1.807) is 31.2 Å². The molecule has 0 N–H and O–H groups in total. The lowest BCUT2D eigenvalue weighted by atomic mass is 10.2. The van der Waals surface area contributed by atoms with Crippen molar-refractivity contribution in [3.8, 4) is 17.2 Å². The van der Waals surface area contributed by atoms with E-state index in [0.29, 0.717) is 22.9 Å². The molecule has 7 nitrogen and oxygen atoms in total.